The number of nitrogens with one attached hydrogen (secondary N) is 1. The van der Waals surface area contributed by atoms with Gasteiger partial charge in [0.1, 0.15) is 11.8 Å². The summed E-state index contributed by atoms with van der Waals surface area (Å²) in [7, 11) is 3.38. The minimum Gasteiger partial charge on any atom is -0.388 e. The van der Waals surface area contributed by atoms with Crippen LogP contribution in [0.5, 0.6) is 0 Å². The quantitative estimate of drug-likeness (QED) is 0.855. The van der Waals surface area contributed by atoms with Gasteiger partial charge in [-0.2, -0.15) is 0 Å². The summed E-state index contributed by atoms with van der Waals surface area (Å²) in [6.07, 6.45) is 2.78. The van der Waals surface area contributed by atoms with E-state index in [0.717, 1.165) is 36.6 Å². The van der Waals surface area contributed by atoms with Crippen LogP contribution in [0.4, 0.5) is 0 Å². The molecule has 1 heterocycles. The van der Waals surface area contributed by atoms with Gasteiger partial charge in [0.15, 0.2) is 0 Å². The average Bonchev–Trinajstić information content (AvgIpc) is 2.91. The average molecular weight is 316 g/mol. The Morgan fingerprint density at radius 3 is 2.78 bits per heavy atom. The number of aromatic nitrogens is 1. The Balaban J connectivity index is 1.82. The van der Waals surface area contributed by atoms with E-state index in [4.69, 9.17) is 4.74 Å². The first-order valence-corrected chi connectivity index (χ1v) is 8.17. The number of hydrogen-bond acceptors (Lipinski definition) is 3. The maximum atomic E-state index is 12.8. The van der Waals surface area contributed by atoms with Gasteiger partial charge < -0.3 is 19.7 Å². The van der Waals surface area contributed by atoms with Crippen molar-refractivity contribution in [3.63, 3.8) is 0 Å². The molecule has 2 N–H and O–H groups in total. The van der Waals surface area contributed by atoms with Gasteiger partial charge >= 0.3 is 0 Å². The number of carbonyl (C=O) groups excluding carboxylic acids is 1. The summed E-state index contributed by atoms with van der Waals surface area (Å²) in [6.45, 7) is 0. The molecule has 0 aliphatic heterocycles. The van der Waals surface area contributed by atoms with E-state index in [0.29, 0.717) is 5.69 Å². The zero-order valence-electron chi connectivity index (χ0n) is 13.7. The molecule has 2 aromatic rings. The van der Waals surface area contributed by atoms with Crippen LogP contribution in [-0.4, -0.2) is 53.3 Å². The van der Waals surface area contributed by atoms with Crippen molar-refractivity contribution in [2.75, 3.05) is 14.2 Å². The number of aliphatic hydroxyl groups excluding tert-OH is 1. The first-order valence-electron chi connectivity index (χ1n) is 8.17. The van der Waals surface area contributed by atoms with Gasteiger partial charge in [-0.15, -0.1) is 0 Å². The molecule has 5 heteroatoms. The van der Waals surface area contributed by atoms with Gasteiger partial charge in [-0.1, -0.05) is 31.0 Å². The van der Waals surface area contributed by atoms with Crippen molar-refractivity contribution in [1.29, 1.82) is 0 Å². The minimum absolute atomic E-state index is 0.0954. The van der Waals surface area contributed by atoms with Crippen molar-refractivity contribution in [3.8, 4) is 0 Å². The van der Waals surface area contributed by atoms with E-state index < -0.39 is 6.10 Å². The number of carbonyl (C=O) groups is 1. The van der Waals surface area contributed by atoms with Crippen molar-refractivity contribution >= 4 is 16.8 Å². The molecule has 0 saturated heterocycles. The number of aliphatic hydroxyl groups is 1. The van der Waals surface area contributed by atoms with Crippen LogP contribution in [0.2, 0.25) is 0 Å². The molecule has 0 radical (unpaired) electrons. The lowest BCUT2D eigenvalue weighted by molar-refractivity contribution is -0.0463. The number of methoxy groups -OCH3 is 1. The Morgan fingerprint density at radius 2 is 2.04 bits per heavy atom. The van der Waals surface area contributed by atoms with Crippen LogP contribution < -0.4 is 0 Å². The van der Waals surface area contributed by atoms with Crippen molar-refractivity contribution in [2.24, 2.45) is 0 Å². The highest BCUT2D eigenvalue weighted by atomic mass is 16.5. The van der Waals surface area contributed by atoms with Gasteiger partial charge in [0, 0.05) is 25.1 Å². The molecule has 3 rings (SSSR count). The molecule has 124 valence electrons. The molecule has 5 nitrogen and oxygen atoms in total. The van der Waals surface area contributed by atoms with E-state index >= 15 is 0 Å². The predicted molar refractivity (Wildman–Crippen MR) is 89.5 cm³/mol. The predicted octanol–water partition coefficient (Wildman–Crippen LogP) is 2.56. The van der Waals surface area contributed by atoms with Crippen LogP contribution in [0.25, 0.3) is 10.9 Å². The van der Waals surface area contributed by atoms with E-state index in [-0.39, 0.29) is 18.1 Å². The van der Waals surface area contributed by atoms with Crippen molar-refractivity contribution in [1.82, 2.24) is 9.88 Å². The number of hydrogen-bond donors (Lipinski definition) is 2. The lowest BCUT2D eigenvalue weighted by atomic mass is 10.0. The first kappa shape index (κ1) is 16.0. The molecule has 1 amide bonds. The number of ether oxygens (including phenoxy) is 1. The van der Waals surface area contributed by atoms with Crippen LogP contribution in [0.3, 0.4) is 0 Å². The molecule has 1 saturated carbocycles. The standard InChI is InChI=1S/C18H24N2O3/c1-20(15-9-5-6-10-16(23-2)17(15)21)18(22)14-11-12-7-3-4-8-13(12)19-14/h3-4,7-8,11,15-17,19,21H,5-6,9-10H2,1-2H3/t15-,16-,17-/m1/s1. The molecule has 1 fully saturated rings. The fourth-order valence-electron chi connectivity index (χ4n) is 3.50. The number of rotatable bonds is 3. The Kier molecular flexibility index (Phi) is 4.68. The second kappa shape index (κ2) is 6.72. The van der Waals surface area contributed by atoms with Crippen LogP contribution in [0, 0.1) is 0 Å². The van der Waals surface area contributed by atoms with Crippen LogP contribution in [0.15, 0.2) is 30.3 Å². The monoisotopic (exact) mass is 316 g/mol. The number of para-hydroxylation sites is 1. The zero-order valence-corrected chi connectivity index (χ0v) is 13.7. The molecule has 0 unspecified atom stereocenters. The van der Waals surface area contributed by atoms with Crippen LogP contribution in [-0.2, 0) is 4.74 Å². The molecule has 3 atom stereocenters. The molecule has 23 heavy (non-hydrogen) atoms. The summed E-state index contributed by atoms with van der Waals surface area (Å²) >= 11 is 0. The van der Waals surface area contributed by atoms with Gasteiger partial charge in [0.05, 0.1) is 12.1 Å². The summed E-state index contributed by atoms with van der Waals surface area (Å²) in [4.78, 5) is 17.6. The lowest BCUT2D eigenvalue weighted by Gasteiger charge is -2.33. The van der Waals surface area contributed by atoms with E-state index in [1.807, 2.05) is 30.3 Å². The summed E-state index contributed by atoms with van der Waals surface area (Å²) in [5, 5.41) is 11.6. The second-order valence-corrected chi connectivity index (χ2v) is 6.30. The molecule has 1 aliphatic carbocycles. The first-order chi connectivity index (χ1) is 11.1. The van der Waals surface area contributed by atoms with Crippen LogP contribution >= 0.6 is 0 Å². The highest BCUT2D eigenvalue weighted by Gasteiger charge is 2.35. The van der Waals surface area contributed by atoms with Gasteiger partial charge in [-0.05, 0) is 25.0 Å². The fourth-order valence-corrected chi connectivity index (χ4v) is 3.50. The third-order valence-corrected chi connectivity index (χ3v) is 4.89. The molecule has 0 bridgehead atoms. The van der Waals surface area contributed by atoms with Crippen molar-refractivity contribution in [3.05, 3.63) is 36.0 Å². The summed E-state index contributed by atoms with van der Waals surface area (Å²) in [6, 6.07) is 9.46. The molecule has 0 spiro atoms. The number of likely N-dealkylation sites (N-methyl/N-ethyl adjacent to an activating group) is 1. The summed E-state index contributed by atoms with van der Waals surface area (Å²) < 4.78 is 5.40. The van der Waals surface area contributed by atoms with E-state index in [2.05, 4.69) is 4.98 Å². The van der Waals surface area contributed by atoms with Crippen molar-refractivity contribution < 1.29 is 14.6 Å². The van der Waals surface area contributed by atoms with Crippen LogP contribution in [0.1, 0.15) is 36.2 Å². The van der Waals surface area contributed by atoms with E-state index in [1.165, 1.54) is 0 Å². The van der Waals surface area contributed by atoms with Gasteiger partial charge in [-0.3, -0.25) is 4.79 Å². The maximum Gasteiger partial charge on any atom is 0.270 e. The minimum atomic E-state index is -0.652. The number of aromatic amines is 1. The normalized spacial score (nSPS) is 25.3. The third-order valence-electron chi connectivity index (χ3n) is 4.89. The molecular formula is C18H24N2O3. The van der Waals surface area contributed by atoms with Gasteiger partial charge in [0.25, 0.3) is 5.91 Å². The third kappa shape index (κ3) is 3.12. The molecule has 1 aliphatic rings. The number of nitrogens with zero attached hydrogens (tertiary/aromatic N) is 1. The number of amides is 1. The Hall–Kier alpha value is -1.85. The largest absolute Gasteiger partial charge is 0.388 e. The zero-order chi connectivity index (χ0) is 16.4. The Morgan fingerprint density at radius 1 is 1.30 bits per heavy atom. The highest BCUT2D eigenvalue weighted by molar-refractivity contribution is 5.98. The second-order valence-electron chi connectivity index (χ2n) is 6.30. The number of H-pyrrole nitrogens is 1. The smallest absolute Gasteiger partial charge is 0.270 e. The van der Waals surface area contributed by atoms with E-state index in [9.17, 15) is 9.90 Å². The maximum absolute atomic E-state index is 12.8. The SMILES string of the molecule is CO[C@@H]1CCCC[C@@H](N(C)C(=O)c2cc3ccccc3[nH]2)[C@H]1O. The lowest BCUT2D eigenvalue weighted by Crippen LogP contribution is -2.49. The summed E-state index contributed by atoms with van der Waals surface area (Å²) in [5.74, 6) is -0.0954. The highest BCUT2D eigenvalue weighted by Crippen LogP contribution is 2.25. The van der Waals surface area contributed by atoms with Crippen molar-refractivity contribution in [2.45, 2.75) is 43.9 Å². The molecular weight excluding hydrogens is 292 g/mol. The van der Waals surface area contributed by atoms with Gasteiger partial charge in [-0.25, -0.2) is 0 Å². The fraction of sp³-hybridized carbons (Fsp3) is 0.500. The summed E-state index contributed by atoms with van der Waals surface area (Å²) in [5.41, 5.74) is 1.50. The Labute approximate surface area is 136 Å². The molecule has 1 aromatic carbocycles. The Bertz CT molecular complexity index is 649. The molecule has 1 aromatic heterocycles. The topological polar surface area (TPSA) is 65.6 Å². The van der Waals surface area contributed by atoms with Gasteiger partial charge in [0.2, 0.25) is 0 Å². The number of benzene rings is 1. The van der Waals surface area contributed by atoms with E-state index in [1.54, 1.807) is 19.1 Å². The number of fused-ring (bicyclic) bond motifs is 1.